The van der Waals surface area contributed by atoms with Crippen molar-refractivity contribution in [3.05, 3.63) is 17.0 Å². The zero-order valence-corrected chi connectivity index (χ0v) is 14.8. The first-order valence-corrected chi connectivity index (χ1v) is 7.20. The SMILES string of the molecule is Cc1nn(CC(C)C)c(C)c1CC(=O)NC(C)(C)CN.Cl. The molecule has 5 nitrogen and oxygen atoms in total. The summed E-state index contributed by atoms with van der Waals surface area (Å²) in [6.45, 7) is 13.4. The fourth-order valence-corrected chi connectivity index (χ4v) is 2.15. The van der Waals surface area contributed by atoms with Gasteiger partial charge in [-0.3, -0.25) is 9.48 Å². The van der Waals surface area contributed by atoms with Gasteiger partial charge in [0.1, 0.15) is 0 Å². The van der Waals surface area contributed by atoms with Crippen LogP contribution in [0.3, 0.4) is 0 Å². The Balaban J connectivity index is 0.00000400. The molecule has 0 radical (unpaired) electrons. The van der Waals surface area contributed by atoms with Gasteiger partial charge in [-0.1, -0.05) is 13.8 Å². The van der Waals surface area contributed by atoms with Crippen LogP contribution in [0.15, 0.2) is 0 Å². The summed E-state index contributed by atoms with van der Waals surface area (Å²) in [4.78, 5) is 12.1. The van der Waals surface area contributed by atoms with Crippen molar-refractivity contribution in [2.45, 2.75) is 60.0 Å². The summed E-state index contributed by atoms with van der Waals surface area (Å²) in [5, 5.41) is 7.49. The number of hydrogen-bond donors (Lipinski definition) is 2. The number of aryl methyl sites for hydroxylation is 1. The minimum absolute atomic E-state index is 0. The molecule has 3 N–H and O–H groups in total. The molecule has 6 heteroatoms. The molecule has 0 atom stereocenters. The maximum atomic E-state index is 12.1. The van der Waals surface area contributed by atoms with Gasteiger partial charge in [-0.25, -0.2) is 0 Å². The molecule has 21 heavy (non-hydrogen) atoms. The molecule has 0 unspecified atom stereocenters. The third kappa shape index (κ3) is 5.67. The van der Waals surface area contributed by atoms with Crippen molar-refractivity contribution in [2.75, 3.05) is 6.54 Å². The predicted molar refractivity (Wildman–Crippen MR) is 88.8 cm³/mol. The van der Waals surface area contributed by atoms with Crippen LogP contribution in [-0.4, -0.2) is 27.8 Å². The number of nitrogens with one attached hydrogen (secondary N) is 1. The lowest BCUT2D eigenvalue weighted by Gasteiger charge is -2.24. The van der Waals surface area contributed by atoms with Crippen molar-refractivity contribution in [1.29, 1.82) is 0 Å². The third-order valence-electron chi connectivity index (χ3n) is 3.39. The highest BCUT2D eigenvalue weighted by Crippen LogP contribution is 2.15. The van der Waals surface area contributed by atoms with E-state index < -0.39 is 0 Å². The normalized spacial score (nSPS) is 11.4. The van der Waals surface area contributed by atoms with Gasteiger partial charge in [0, 0.05) is 29.9 Å². The fraction of sp³-hybridized carbons (Fsp3) is 0.733. The molecule has 122 valence electrons. The molecule has 1 rings (SSSR count). The first kappa shape index (κ1) is 19.9. The number of nitrogens with zero attached hydrogens (tertiary/aromatic N) is 2. The van der Waals surface area contributed by atoms with Crippen molar-refractivity contribution in [3.8, 4) is 0 Å². The molecule has 0 aliphatic carbocycles. The molecule has 1 amide bonds. The van der Waals surface area contributed by atoms with Crippen molar-refractivity contribution in [2.24, 2.45) is 11.7 Å². The Morgan fingerprint density at radius 2 is 1.95 bits per heavy atom. The van der Waals surface area contributed by atoms with Crippen LogP contribution in [0.5, 0.6) is 0 Å². The Morgan fingerprint density at radius 1 is 1.38 bits per heavy atom. The molecule has 0 bridgehead atoms. The van der Waals surface area contributed by atoms with Gasteiger partial charge in [-0.05, 0) is 33.6 Å². The maximum absolute atomic E-state index is 12.1. The van der Waals surface area contributed by atoms with Gasteiger partial charge in [-0.2, -0.15) is 5.10 Å². The zero-order valence-electron chi connectivity index (χ0n) is 14.0. The molecular weight excluding hydrogens is 288 g/mol. The monoisotopic (exact) mass is 316 g/mol. The number of halogens is 1. The zero-order chi connectivity index (χ0) is 15.5. The highest BCUT2D eigenvalue weighted by molar-refractivity contribution is 5.85. The van der Waals surface area contributed by atoms with E-state index in [-0.39, 0.29) is 23.9 Å². The van der Waals surface area contributed by atoms with E-state index in [9.17, 15) is 4.79 Å². The first-order chi connectivity index (χ1) is 9.16. The molecule has 1 heterocycles. The summed E-state index contributed by atoms with van der Waals surface area (Å²) in [6, 6.07) is 0. The lowest BCUT2D eigenvalue weighted by molar-refractivity contribution is -0.121. The molecule has 0 saturated carbocycles. The summed E-state index contributed by atoms with van der Waals surface area (Å²) in [7, 11) is 0. The Hall–Kier alpha value is -1.07. The Morgan fingerprint density at radius 3 is 2.43 bits per heavy atom. The van der Waals surface area contributed by atoms with E-state index in [0.29, 0.717) is 18.9 Å². The van der Waals surface area contributed by atoms with Crippen LogP contribution in [0.2, 0.25) is 0 Å². The van der Waals surface area contributed by atoms with E-state index in [1.165, 1.54) is 0 Å². The summed E-state index contributed by atoms with van der Waals surface area (Å²) in [5.74, 6) is 0.529. The quantitative estimate of drug-likeness (QED) is 0.842. The Kier molecular flexibility index (Phi) is 7.40. The average Bonchev–Trinajstić information content (AvgIpc) is 2.55. The van der Waals surface area contributed by atoms with Crippen molar-refractivity contribution < 1.29 is 4.79 Å². The van der Waals surface area contributed by atoms with Gasteiger partial charge in [0.2, 0.25) is 5.91 Å². The molecule has 1 aromatic heterocycles. The average molecular weight is 317 g/mol. The fourth-order valence-electron chi connectivity index (χ4n) is 2.15. The minimum Gasteiger partial charge on any atom is -0.350 e. The second-order valence-corrected chi connectivity index (χ2v) is 6.54. The smallest absolute Gasteiger partial charge is 0.225 e. The van der Waals surface area contributed by atoms with Crippen molar-refractivity contribution in [1.82, 2.24) is 15.1 Å². The highest BCUT2D eigenvalue weighted by atomic mass is 35.5. The van der Waals surface area contributed by atoms with E-state index in [0.717, 1.165) is 23.5 Å². The van der Waals surface area contributed by atoms with Crippen LogP contribution in [0, 0.1) is 19.8 Å². The largest absolute Gasteiger partial charge is 0.350 e. The molecule has 0 aliphatic heterocycles. The minimum atomic E-state index is -0.368. The van der Waals surface area contributed by atoms with Gasteiger partial charge < -0.3 is 11.1 Å². The number of carbonyl (C=O) groups is 1. The van der Waals surface area contributed by atoms with E-state index in [1.807, 2.05) is 32.4 Å². The van der Waals surface area contributed by atoms with Crippen LogP contribution in [-0.2, 0) is 17.8 Å². The Labute approximate surface area is 134 Å². The van der Waals surface area contributed by atoms with Gasteiger partial charge >= 0.3 is 0 Å². The molecule has 0 spiro atoms. The van der Waals surface area contributed by atoms with Crippen LogP contribution in [0.1, 0.15) is 44.6 Å². The molecule has 0 aliphatic rings. The highest BCUT2D eigenvalue weighted by Gasteiger charge is 2.21. The van der Waals surface area contributed by atoms with Crippen molar-refractivity contribution >= 4 is 18.3 Å². The maximum Gasteiger partial charge on any atom is 0.225 e. The Bertz CT molecular complexity index is 480. The molecule has 0 aromatic carbocycles. The predicted octanol–water partition coefficient (Wildman–Crippen LogP) is 1.97. The van der Waals surface area contributed by atoms with E-state index >= 15 is 0 Å². The third-order valence-corrected chi connectivity index (χ3v) is 3.39. The number of rotatable bonds is 6. The lowest BCUT2D eigenvalue weighted by Crippen LogP contribution is -2.49. The number of carbonyl (C=O) groups excluding carboxylic acids is 1. The van der Waals surface area contributed by atoms with Gasteiger partial charge in [-0.15, -0.1) is 12.4 Å². The standard InChI is InChI=1S/C15H28N4O.ClH/c1-10(2)8-19-12(4)13(11(3)18-19)7-14(20)17-15(5,6)9-16;/h10H,7-9,16H2,1-6H3,(H,17,20);1H. The van der Waals surface area contributed by atoms with Gasteiger partial charge in [0.15, 0.2) is 0 Å². The second-order valence-electron chi connectivity index (χ2n) is 6.54. The number of amides is 1. The molecule has 1 aromatic rings. The van der Waals surface area contributed by atoms with E-state index in [4.69, 9.17) is 5.73 Å². The molecular formula is C15H29ClN4O. The van der Waals surface area contributed by atoms with Crippen LogP contribution >= 0.6 is 12.4 Å². The molecule has 0 saturated heterocycles. The van der Waals surface area contributed by atoms with E-state index in [1.54, 1.807) is 0 Å². The second kappa shape index (κ2) is 7.80. The van der Waals surface area contributed by atoms with Gasteiger partial charge in [0.25, 0.3) is 0 Å². The number of nitrogens with two attached hydrogens (primary N) is 1. The van der Waals surface area contributed by atoms with E-state index in [2.05, 4.69) is 24.3 Å². The molecule has 0 fully saturated rings. The van der Waals surface area contributed by atoms with Crippen LogP contribution < -0.4 is 11.1 Å². The van der Waals surface area contributed by atoms with Gasteiger partial charge in [0.05, 0.1) is 12.1 Å². The summed E-state index contributed by atoms with van der Waals surface area (Å²) in [5.41, 5.74) is 8.31. The topological polar surface area (TPSA) is 72.9 Å². The number of aromatic nitrogens is 2. The van der Waals surface area contributed by atoms with Crippen molar-refractivity contribution in [3.63, 3.8) is 0 Å². The summed E-state index contributed by atoms with van der Waals surface area (Å²) in [6.07, 6.45) is 0.360. The van der Waals surface area contributed by atoms with Crippen LogP contribution in [0.4, 0.5) is 0 Å². The number of hydrogen-bond acceptors (Lipinski definition) is 3. The summed E-state index contributed by atoms with van der Waals surface area (Å²) < 4.78 is 2.00. The summed E-state index contributed by atoms with van der Waals surface area (Å²) >= 11 is 0. The van der Waals surface area contributed by atoms with Crippen LogP contribution in [0.25, 0.3) is 0 Å². The first-order valence-electron chi connectivity index (χ1n) is 7.20. The lowest BCUT2D eigenvalue weighted by atomic mass is 10.0.